The Morgan fingerprint density at radius 2 is 2.00 bits per heavy atom. The van der Waals surface area contributed by atoms with Crippen molar-refractivity contribution in [1.82, 2.24) is 10.2 Å². The van der Waals surface area contributed by atoms with E-state index in [9.17, 15) is 9.59 Å². The lowest BCUT2D eigenvalue weighted by Crippen LogP contribution is -2.38. The number of halogens is 1. The van der Waals surface area contributed by atoms with Crippen LogP contribution in [-0.2, 0) is 9.59 Å². The van der Waals surface area contributed by atoms with Crippen molar-refractivity contribution < 1.29 is 9.59 Å². The molecular formula is C14H20ClN3O2. The molecule has 0 heterocycles. The van der Waals surface area contributed by atoms with E-state index in [1.54, 1.807) is 24.1 Å². The number of rotatable bonds is 6. The largest absolute Gasteiger partial charge is 0.345 e. The number of carbonyl (C=O) groups excluding carboxylic acids is 2. The molecule has 6 heteroatoms. The first-order valence-corrected chi connectivity index (χ1v) is 6.82. The molecule has 0 unspecified atom stereocenters. The van der Waals surface area contributed by atoms with Crippen molar-refractivity contribution in [1.29, 1.82) is 0 Å². The third-order valence-corrected chi connectivity index (χ3v) is 3.17. The minimum Gasteiger partial charge on any atom is -0.345 e. The zero-order valence-corrected chi connectivity index (χ0v) is 12.8. The van der Waals surface area contributed by atoms with Crippen LogP contribution in [-0.4, -0.2) is 43.4 Å². The molecule has 1 aromatic carbocycles. The maximum atomic E-state index is 11.8. The molecule has 5 nitrogen and oxygen atoms in total. The van der Waals surface area contributed by atoms with Crippen LogP contribution in [0.15, 0.2) is 18.2 Å². The van der Waals surface area contributed by atoms with E-state index in [0.717, 1.165) is 5.56 Å². The molecule has 0 bridgehead atoms. The third kappa shape index (κ3) is 5.19. The van der Waals surface area contributed by atoms with Gasteiger partial charge in [0.05, 0.1) is 13.1 Å². The standard InChI is InChI=1S/C14H20ClN3O2/c1-4-18(3)14(20)9-16-8-13(19)17-12-7-11(15)6-5-10(12)2/h5-7,16H,4,8-9H2,1-3H3,(H,17,19). The first-order chi connectivity index (χ1) is 9.43. The zero-order chi connectivity index (χ0) is 15.1. The highest BCUT2D eigenvalue weighted by Gasteiger charge is 2.08. The second kappa shape index (κ2) is 7.87. The molecular weight excluding hydrogens is 278 g/mol. The lowest BCUT2D eigenvalue weighted by Gasteiger charge is -2.14. The summed E-state index contributed by atoms with van der Waals surface area (Å²) >= 11 is 5.88. The summed E-state index contributed by atoms with van der Waals surface area (Å²) in [7, 11) is 1.72. The van der Waals surface area contributed by atoms with Crippen LogP contribution in [0.4, 0.5) is 5.69 Å². The number of amides is 2. The van der Waals surface area contributed by atoms with Crippen LogP contribution in [0.25, 0.3) is 0 Å². The number of nitrogens with zero attached hydrogens (tertiary/aromatic N) is 1. The highest BCUT2D eigenvalue weighted by molar-refractivity contribution is 6.31. The van der Waals surface area contributed by atoms with E-state index in [-0.39, 0.29) is 24.9 Å². The Kier molecular flexibility index (Phi) is 6.48. The highest BCUT2D eigenvalue weighted by Crippen LogP contribution is 2.19. The highest BCUT2D eigenvalue weighted by atomic mass is 35.5. The van der Waals surface area contributed by atoms with Gasteiger partial charge in [-0.3, -0.25) is 14.9 Å². The number of carbonyl (C=O) groups is 2. The van der Waals surface area contributed by atoms with Crippen molar-refractivity contribution in [2.24, 2.45) is 0 Å². The predicted molar refractivity (Wildman–Crippen MR) is 81.0 cm³/mol. The average Bonchev–Trinajstić information content (AvgIpc) is 2.41. The number of nitrogens with one attached hydrogen (secondary N) is 2. The van der Waals surface area contributed by atoms with Gasteiger partial charge in [0.25, 0.3) is 0 Å². The van der Waals surface area contributed by atoms with Crippen LogP contribution >= 0.6 is 11.6 Å². The minimum atomic E-state index is -0.206. The molecule has 0 aliphatic rings. The normalized spacial score (nSPS) is 10.2. The molecule has 0 fully saturated rings. The number of likely N-dealkylation sites (N-methyl/N-ethyl adjacent to an activating group) is 1. The van der Waals surface area contributed by atoms with Crippen molar-refractivity contribution in [3.63, 3.8) is 0 Å². The van der Waals surface area contributed by atoms with Gasteiger partial charge in [0.1, 0.15) is 0 Å². The van der Waals surface area contributed by atoms with E-state index in [0.29, 0.717) is 17.3 Å². The summed E-state index contributed by atoms with van der Waals surface area (Å²) in [5, 5.41) is 6.14. The maximum absolute atomic E-state index is 11.8. The van der Waals surface area contributed by atoms with Crippen molar-refractivity contribution in [2.75, 3.05) is 32.0 Å². The molecule has 2 amide bonds. The summed E-state index contributed by atoms with van der Waals surface area (Å²) in [4.78, 5) is 24.9. The molecule has 0 saturated carbocycles. The molecule has 0 spiro atoms. The number of benzene rings is 1. The number of anilines is 1. The molecule has 0 atom stereocenters. The summed E-state index contributed by atoms with van der Waals surface area (Å²) < 4.78 is 0. The molecule has 20 heavy (non-hydrogen) atoms. The topological polar surface area (TPSA) is 61.4 Å². The van der Waals surface area contributed by atoms with Gasteiger partial charge in [-0.05, 0) is 31.5 Å². The summed E-state index contributed by atoms with van der Waals surface area (Å²) in [5.41, 5.74) is 1.62. The second-order valence-electron chi connectivity index (χ2n) is 4.52. The Labute approximate surface area is 124 Å². The minimum absolute atomic E-state index is 0.0424. The monoisotopic (exact) mass is 297 g/mol. The molecule has 110 valence electrons. The molecule has 2 N–H and O–H groups in total. The fourth-order valence-corrected chi connectivity index (χ4v) is 1.69. The molecule has 0 aliphatic heterocycles. The van der Waals surface area contributed by atoms with Gasteiger partial charge in [0, 0.05) is 24.3 Å². The molecule has 0 aromatic heterocycles. The zero-order valence-electron chi connectivity index (χ0n) is 12.0. The van der Waals surface area contributed by atoms with Gasteiger partial charge in [0.15, 0.2) is 0 Å². The fraction of sp³-hybridized carbons (Fsp3) is 0.429. The second-order valence-corrected chi connectivity index (χ2v) is 4.96. The van der Waals surface area contributed by atoms with E-state index in [1.165, 1.54) is 0 Å². The molecule has 0 radical (unpaired) electrons. The van der Waals surface area contributed by atoms with Crippen LogP contribution in [0.1, 0.15) is 12.5 Å². The van der Waals surface area contributed by atoms with Gasteiger partial charge in [-0.1, -0.05) is 17.7 Å². The van der Waals surface area contributed by atoms with Gasteiger partial charge in [-0.15, -0.1) is 0 Å². The van der Waals surface area contributed by atoms with Crippen molar-refractivity contribution >= 4 is 29.1 Å². The summed E-state index contributed by atoms with van der Waals surface area (Å²) in [6, 6.07) is 5.31. The number of aryl methyl sites for hydroxylation is 1. The Balaban J connectivity index is 2.41. The van der Waals surface area contributed by atoms with Crippen LogP contribution < -0.4 is 10.6 Å². The summed E-state index contributed by atoms with van der Waals surface area (Å²) in [5.74, 6) is -0.249. The average molecular weight is 298 g/mol. The van der Waals surface area contributed by atoms with E-state index < -0.39 is 0 Å². The summed E-state index contributed by atoms with van der Waals surface area (Å²) in [6.45, 7) is 4.65. The van der Waals surface area contributed by atoms with Crippen LogP contribution in [0.3, 0.4) is 0 Å². The SMILES string of the molecule is CCN(C)C(=O)CNCC(=O)Nc1cc(Cl)ccc1C. The molecule has 0 saturated heterocycles. The van der Waals surface area contributed by atoms with Gasteiger partial charge in [-0.2, -0.15) is 0 Å². The van der Waals surface area contributed by atoms with Gasteiger partial charge in [-0.25, -0.2) is 0 Å². The molecule has 1 aromatic rings. The van der Waals surface area contributed by atoms with Gasteiger partial charge >= 0.3 is 0 Å². The Hall–Kier alpha value is -1.59. The third-order valence-electron chi connectivity index (χ3n) is 2.94. The predicted octanol–water partition coefficient (Wildman–Crippen LogP) is 1.65. The first kappa shape index (κ1) is 16.5. The number of hydrogen-bond acceptors (Lipinski definition) is 3. The van der Waals surface area contributed by atoms with E-state index in [1.807, 2.05) is 19.9 Å². The Bertz CT molecular complexity index is 491. The Morgan fingerprint density at radius 3 is 2.65 bits per heavy atom. The van der Waals surface area contributed by atoms with Crippen LogP contribution in [0.5, 0.6) is 0 Å². The Morgan fingerprint density at radius 1 is 1.30 bits per heavy atom. The number of hydrogen-bond donors (Lipinski definition) is 2. The van der Waals surface area contributed by atoms with E-state index in [2.05, 4.69) is 10.6 Å². The maximum Gasteiger partial charge on any atom is 0.238 e. The fourth-order valence-electron chi connectivity index (χ4n) is 1.52. The van der Waals surface area contributed by atoms with Crippen molar-refractivity contribution in [3.05, 3.63) is 28.8 Å². The lowest BCUT2D eigenvalue weighted by atomic mass is 10.2. The summed E-state index contributed by atoms with van der Waals surface area (Å²) in [6.07, 6.45) is 0. The van der Waals surface area contributed by atoms with Crippen LogP contribution in [0.2, 0.25) is 5.02 Å². The van der Waals surface area contributed by atoms with Crippen LogP contribution in [0, 0.1) is 6.92 Å². The van der Waals surface area contributed by atoms with E-state index in [4.69, 9.17) is 11.6 Å². The quantitative estimate of drug-likeness (QED) is 0.839. The van der Waals surface area contributed by atoms with Crippen molar-refractivity contribution in [2.45, 2.75) is 13.8 Å². The smallest absolute Gasteiger partial charge is 0.238 e. The van der Waals surface area contributed by atoms with Crippen molar-refractivity contribution in [3.8, 4) is 0 Å². The van der Waals surface area contributed by atoms with E-state index >= 15 is 0 Å². The van der Waals surface area contributed by atoms with Gasteiger partial charge in [0.2, 0.25) is 11.8 Å². The molecule has 1 rings (SSSR count). The lowest BCUT2D eigenvalue weighted by molar-refractivity contribution is -0.128. The van der Waals surface area contributed by atoms with Gasteiger partial charge < -0.3 is 10.2 Å². The molecule has 0 aliphatic carbocycles. The first-order valence-electron chi connectivity index (χ1n) is 6.44.